The average molecular weight is 198 g/mol. The van der Waals surface area contributed by atoms with E-state index in [0.717, 1.165) is 12.8 Å². The molecule has 0 aliphatic heterocycles. The van der Waals surface area contributed by atoms with Crippen molar-refractivity contribution in [3.8, 4) is 0 Å². The van der Waals surface area contributed by atoms with Gasteiger partial charge in [-0.3, -0.25) is 4.79 Å². The van der Waals surface area contributed by atoms with Crippen LogP contribution in [0.2, 0.25) is 0 Å². The van der Waals surface area contributed by atoms with E-state index in [1.54, 1.807) is 7.11 Å². The van der Waals surface area contributed by atoms with E-state index < -0.39 is 0 Å². The molecule has 0 amide bonds. The maximum absolute atomic E-state index is 12.0. The van der Waals surface area contributed by atoms with E-state index in [0.29, 0.717) is 11.7 Å². The van der Waals surface area contributed by atoms with Gasteiger partial charge in [-0.15, -0.1) is 0 Å². The molecule has 0 spiro atoms. The highest BCUT2D eigenvalue weighted by molar-refractivity contribution is 5.85. The zero-order valence-electron chi connectivity index (χ0n) is 9.58. The zero-order chi connectivity index (χ0) is 10.6. The second kappa shape index (κ2) is 5.50. The highest BCUT2D eigenvalue weighted by Crippen LogP contribution is 2.27. The molecular weight excluding hydrogens is 176 g/mol. The van der Waals surface area contributed by atoms with Gasteiger partial charge in [0.2, 0.25) is 0 Å². The van der Waals surface area contributed by atoms with E-state index in [2.05, 4.69) is 13.8 Å². The third kappa shape index (κ3) is 2.81. The number of carbonyl (C=O) groups excluding carboxylic acids is 1. The Labute approximate surface area is 87.0 Å². The van der Waals surface area contributed by atoms with Gasteiger partial charge in [-0.2, -0.15) is 0 Å². The lowest BCUT2D eigenvalue weighted by molar-refractivity contribution is -0.136. The first-order chi connectivity index (χ1) is 6.66. The maximum Gasteiger partial charge on any atom is 0.164 e. The number of ether oxygens (including phenoxy) is 1. The van der Waals surface area contributed by atoms with E-state index in [-0.39, 0.29) is 12.0 Å². The molecule has 2 heteroatoms. The lowest BCUT2D eigenvalue weighted by Gasteiger charge is -2.26. The summed E-state index contributed by atoms with van der Waals surface area (Å²) in [6.07, 6.45) is 5.69. The third-order valence-electron chi connectivity index (χ3n) is 3.15. The number of hydrogen-bond acceptors (Lipinski definition) is 2. The fourth-order valence-electron chi connectivity index (χ4n) is 2.34. The summed E-state index contributed by atoms with van der Waals surface area (Å²) >= 11 is 0. The molecule has 1 atom stereocenters. The molecule has 1 fully saturated rings. The molecule has 0 aromatic carbocycles. The Morgan fingerprint density at radius 2 is 1.79 bits per heavy atom. The summed E-state index contributed by atoms with van der Waals surface area (Å²) in [6.45, 7) is 4.10. The molecule has 1 unspecified atom stereocenters. The van der Waals surface area contributed by atoms with Crippen molar-refractivity contribution in [3.63, 3.8) is 0 Å². The minimum Gasteiger partial charge on any atom is -0.373 e. The van der Waals surface area contributed by atoms with Crippen LogP contribution in [0.15, 0.2) is 0 Å². The molecule has 0 aromatic heterocycles. The van der Waals surface area contributed by atoms with E-state index in [4.69, 9.17) is 4.74 Å². The quantitative estimate of drug-likeness (QED) is 0.694. The van der Waals surface area contributed by atoms with Crippen LogP contribution in [-0.4, -0.2) is 19.0 Å². The van der Waals surface area contributed by atoms with Crippen molar-refractivity contribution >= 4 is 5.78 Å². The standard InChI is InChI=1S/C12H22O2/c1-9(2)12(14-3)11(13)10-7-5-4-6-8-10/h9-10,12H,4-8H2,1-3H3. The average Bonchev–Trinajstić information content (AvgIpc) is 2.19. The molecule has 0 bridgehead atoms. The van der Waals surface area contributed by atoms with Crippen molar-refractivity contribution in [3.05, 3.63) is 0 Å². The first kappa shape index (κ1) is 11.7. The van der Waals surface area contributed by atoms with Crippen LogP contribution in [0.25, 0.3) is 0 Å². The molecule has 82 valence electrons. The number of hydrogen-bond donors (Lipinski definition) is 0. The number of ketones is 1. The highest BCUT2D eigenvalue weighted by atomic mass is 16.5. The van der Waals surface area contributed by atoms with Crippen LogP contribution in [0.4, 0.5) is 0 Å². The van der Waals surface area contributed by atoms with Crippen LogP contribution in [0, 0.1) is 11.8 Å². The molecular formula is C12H22O2. The van der Waals surface area contributed by atoms with Gasteiger partial charge < -0.3 is 4.74 Å². The Morgan fingerprint density at radius 3 is 2.21 bits per heavy atom. The van der Waals surface area contributed by atoms with Crippen LogP contribution >= 0.6 is 0 Å². The van der Waals surface area contributed by atoms with Gasteiger partial charge in [0.15, 0.2) is 5.78 Å². The summed E-state index contributed by atoms with van der Waals surface area (Å²) in [7, 11) is 1.64. The van der Waals surface area contributed by atoms with Gasteiger partial charge in [0.25, 0.3) is 0 Å². The van der Waals surface area contributed by atoms with Gasteiger partial charge in [0.1, 0.15) is 6.10 Å². The molecule has 0 aromatic rings. The van der Waals surface area contributed by atoms with Crippen LogP contribution in [0.1, 0.15) is 46.0 Å². The number of Topliss-reactive ketones (excluding diaryl/α,β-unsaturated/α-hetero) is 1. The van der Waals surface area contributed by atoms with E-state index >= 15 is 0 Å². The summed E-state index contributed by atoms with van der Waals surface area (Å²) < 4.78 is 5.28. The van der Waals surface area contributed by atoms with Gasteiger partial charge >= 0.3 is 0 Å². The molecule has 0 radical (unpaired) electrons. The van der Waals surface area contributed by atoms with Crippen LogP contribution < -0.4 is 0 Å². The minimum absolute atomic E-state index is 0.182. The van der Waals surface area contributed by atoms with E-state index in [9.17, 15) is 4.79 Å². The van der Waals surface area contributed by atoms with Crippen molar-refractivity contribution in [1.29, 1.82) is 0 Å². The van der Waals surface area contributed by atoms with Crippen molar-refractivity contribution in [1.82, 2.24) is 0 Å². The SMILES string of the molecule is COC(C(=O)C1CCCCC1)C(C)C. The second-order valence-electron chi connectivity index (χ2n) is 4.64. The molecule has 1 aliphatic carbocycles. The first-order valence-corrected chi connectivity index (χ1v) is 5.73. The second-order valence-corrected chi connectivity index (χ2v) is 4.64. The van der Waals surface area contributed by atoms with Crippen molar-refractivity contribution in [2.45, 2.75) is 52.1 Å². The van der Waals surface area contributed by atoms with Crippen LogP contribution in [0.3, 0.4) is 0 Å². The fourth-order valence-corrected chi connectivity index (χ4v) is 2.34. The summed E-state index contributed by atoms with van der Waals surface area (Å²) in [5, 5.41) is 0. The predicted molar refractivity (Wildman–Crippen MR) is 57.2 cm³/mol. The van der Waals surface area contributed by atoms with Crippen molar-refractivity contribution < 1.29 is 9.53 Å². The van der Waals surface area contributed by atoms with Gasteiger partial charge in [-0.05, 0) is 18.8 Å². The van der Waals surface area contributed by atoms with Crippen LogP contribution in [0.5, 0.6) is 0 Å². The Bertz CT molecular complexity index is 181. The normalized spacial score (nSPS) is 21.1. The Morgan fingerprint density at radius 1 is 1.21 bits per heavy atom. The molecule has 0 heterocycles. The molecule has 1 aliphatic rings. The summed E-state index contributed by atoms with van der Waals surface area (Å²) in [6, 6.07) is 0. The first-order valence-electron chi connectivity index (χ1n) is 5.73. The van der Waals surface area contributed by atoms with Crippen LogP contribution in [-0.2, 0) is 9.53 Å². The summed E-state index contributed by atoms with van der Waals surface area (Å²) in [5.41, 5.74) is 0. The number of rotatable bonds is 4. The largest absolute Gasteiger partial charge is 0.373 e. The molecule has 1 rings (SSSR count). The molecule has 0 saturated heterocycles. The fraction of sp³-hybridized carbons (Fsp3) is 0.917. The summed E-state index contributed by atoms with van der Waals surface area (Å²) in [4.78, 5) is 12.0. The Hall–Kier alpha value is -0.370. The molecule has 1 saturated carbocycles. The third-order valence-corrected chi connectivity index (χ3v) is 3.15. The van der Waals surface area contributed by atoms with E-state index in [1.165, 1.54) is 19.3 Å². The predicted octanol–water partition coefficient (Wildman–Crippen LogP) is 2.81. The smallest absolute Gasteiger partial charge is 0.164 e. The highest BCUT2D eigenvalue weighted by Gasteiger charge is 2.29. The monoisotopic (exact) mass is 198 g/mol. The number of methoxy groups -OCH3 is 1. The zero-order valence-corrected chi connectivity index (χ0v) is 9.58. The summed E-state index contributed by atoms with van der Waals surface area (Å²) in [5.74, 6) is 0.910. The van der Waals surface area contributed by atoms with Gasteiger partial charge in [-0.1, -0.05) is 33.1 Å². The van der Waals surface area contributed by atoms with Gasteiger partial charge in [0, 0.05) is 13.0 Å². The molecule has 14 heavy (non-hydrogen) atoms. The van der Waals surface area contributed by atoms with Gasteiger partial charge in [-0.25, -0.2) is 0 Å². The van der Waals surface area contributed by atoms with Crippen molar-refractivity contribution in [2.75, 3.05) is 7.11 Å². The topological polar surface area (TPSA) is 26.3 Å². The lowest BCUT2D eigenvalue weighted by atomic mass is 9.82. The van der Waals surface area contributed by atoms with Crippen molar-refractivity contribution in [2.24, 2.45) is 11.8 Å². The molecule has 0 N–H and O–H groups in total. The molecule has 2 nitrogen and oxygen atoms in total. The Kier molecular flexibility index (Phi) is 4.59. The lowest BCUT2D eigenvalue weighted by Crippen LogP contribution is -2.34. The maximum atomic E-state index is 12.0. The minimum atomic E-state index is -0.182. The van der Waals surface area contributed by atoms with E-state index in [1.807, 2.05) is 0 Å². The Balaban J connectivity index is 2.52. The van der Waals surface area contributed by atoms with Gasteiger partial charge in [0.05, 0.1) is 0 Å². The number of carbonyl (C=O) groups is 1.